The maximum atomic E-state index is 12.8. The summed E-state index contributed by atoms with van der Waals surface area (Å²) in [5.41, 5.74) is 0. The Morgan fingerprint density at radius 1 is 1.47 bits per heavy atom. The second kappa shape index (κ2) is 4.62. The Bertz CT molecular complexity index is 327. The normalized spacial score (nSPS) is 25.5. The monoisotopic (exact) mass is 210 g/mol. The summed E-state index contributed by atoms with van der Waals surface area (Å²) in [6, 6.07) is 6.18. The predicted octanol–water partition coefficient (Wildman–Crippen LogP) is 2.77. The molecular formula is C12H15FO2. The Morgan fingerprint density at radius 2 is 2.33 bits per heavy atom. The molecule has 1 aromatic rings. The van der Waals surface area contributed by atoms with Gasteiger partial charge in [0, 0.05) is 6.07 Å². The highest BCUT2D eigenvalue weighted by molar-refractivity contribution is 5.22. The maximum Gasteiger partial charge on any atom is 0.126 e. The van der Waals surface area contributed by atoms with E-state index in [0.29, 0.717) is 18.5 Å². The van der Waals surface area contributed by atoms with E-state index >= 15 is 0 Å². The van der Waals surface area contributed by atoms with E-state index in [1.807, 2.05) is 0 Å². The zero-order valence-corrected chi connectivity index (χ0v) is 8.78. The highest BCUT2D eigenvalue weighted by Crippen LogP contribution is 2.20. The average Bonchev–Trinajstić information content (AvgIpc) is 2.62. The molecule has 0 spiro atoms. The number of hydrogen-bond donors (Lipinski definition) is 0. The van der Waals surface area contributed by atoms with Crippen LogP contribution >= 0.6 is 0 Å². The molecular weight excluding hydrogens is 195 g/mol. The van der Waals surface area contributed by atoms with Crippen LogP contribution in [0, 0.1) is 5.82 Å². The van der Waals surface area contributed by atoms with Gasteiger partial charge in [0.05, 0.1) is 12.2 Å². The van der Waals surface area contributed by atoms with Crippen LogP contribution in [0.2, 0.25) is 0 Å². The molecule has 1 heterocycles. The fourth-order valence-corrected chi connectivity index (χ4v) is 1.75. The van der Waals surface area contributed by atoms with Crippen LogP contribution in [0.3, 0.4) is 0 Å². The van der Waals surface area contributed by atoms with E-state index in [1.165, 1.54) is 12.1 Å². The van der Waals surface area contributed by atoms with Crippen LogP contribution in [-0.4, -0.2) is 18.8 Å². The SMILES string of the molecule is CC1CCC(COc2cccc(F)c2)O1. The smallest absolute Gasteiger partial charge is 0.126 e. The summed E-state index contributed by atoms with van der Waals surface area (Å²) in [4.78, 5) is 0. The lowest BCUT2D eigenvalue weighted by molar-refractivity contribution is 0.0264. The van der Waals surface area contributed by atoms with E-state index in [-0.39, 0.29) is 11.9 Å². The lowest BCUT2D eigenvalue weighted by Crippen LogP contribution is -2.17. The molecule has 0 aliphatic carbocycles. The lowest BCUT2D eigenvalue weighted by atomic mass is 10.2. The largest absolute Gasteiger partial charge is 0.491 e. The van der Waals surface area contributed by atoms with Gasteiger partial charge in [0.1, 0.15) is 18.2 Å². The van der Waals surface area contributed by atoms with Gasteiger partial charge in [-0.15, -0.1) is 0 Å². The van der Waals surface area contributed by atoms with E-state index in [1.54, 1.807) is 12.1 Å². The van der Waals surface area contributed by atoms with Crippen molar-refractivity contribution in [2.75, 3.05) is 6.61 Å². The first kappa shape index (κ1) is 10.4. The van der Waals surface area contributed by atoms with Gasteiger partial charge in [0.15, 0.2) is 0 Å². The summed E-state index contributed by atoms with van der Waals surface area (Å²) in [6.45, 7) is 2.57. The van der Waals surface area contributed by atoms with Crippen molar-refractivity contribution in [3.63, 3.8) is 0 Å². The van der Waals surface area contributed by atoms with Crippen molar-refractivity contribution in [2.45, 2.75) is 32.0 Å². The van der Waals surface area contributed by atoms with Crippen LogP contribution < -0.4 is 4.74 Å². The van der Waals surface area contributed by atoms with Crippen molar-refractivity contribution in [2.24, 2.45) is 0 Å². The topological polar surface area (TPSA) is 18.5 Å². The van der Waals surface area contributed by atoms with E-state index in [0.717, 1.165) is 12.8 Å². The molecule has 2 atom stereocenters. The minimum Gasteiger partial charge on any atom is -0.491 e. The van der Waals surface area contributed by atoms with Gasteiger partial charge >= 0.3 is 0 Å². The highest BCUT2D eigenvalue weighted by atomic mass is 19.1. The lowest BCUT2D eigenvalue weighted by Gasteiger charge is -2.12. The third-order valence-electron chi connectivity index (χ3n) is 2.55. The first-order valence-corrected chi connectivity index (χ1v) is 5.28. The summed E-state index contributed by atoms with van der Waals surface area (Å²) < 4.78 is 23.9. The maximum absolute atomic E-state index is 12.8. The second-order valence-electron chi connectivity index (χ2n) is 3.91. The van der Waals surface area contributed by atoms with Crippen LogP contribution in [-0.2, 0) is 4.74 Å². The van der Waals surface area contributed by atoms with Gasteiger partial charge in [-0.1, -0.05) is 6.07 Å². The number of benzene rings is 1. The fraction of sp³-hybridized carbons (Fsp3) is 0.500. The summed E-state index contributed by atoms with van der Waals surface area (Å²) in [6.07, 6.45) is 2.59. The second-order valence-corrected chi connectivity index (χ2v) is 3.91. The summed E-state index contributed by atoms with van der Waals surface area (Å²) in [7, 11) is 0. The van der Waals surface area contributed by atoms with E-state index in [9.17, 15) is 4.39 Å². The number of ether oxygens (including phenoxy) is 2. The Labute approximate surface area is 89.0 Å². The molecule has 1 fully saturated rings. The molecule has 3 heteroatoms. The molecule has 82 valence electrons. The minimum absolute atomic E-state index is 0.156. The van der Waals surface area contributed by atoms with Crippen molar-refractivity contribution in [1.29, 1.82) is 0 Å². The van der Waals surface area contributed by atoms with E-state index < -0.39 is 0 Å². The van der Waals surface area contributed by atoms with Crippen molar-refractivity contribution in [3.8, 4) is 5.75 Å². The standard InChI is InChI=1S/C12H15FO2/c1-9-5-6-12(15-9)8-14-11-4-2-3-10(13)7-11/h2-4,7,9,12H,5-6,8H2,1H3. The molecule has 2 nitrogen and oxygen atoms in total. The van der Waals surface area contributed by atoms with Crippen LogP contribution in [0.4, 0.5) is 4.39 Å². The molecule has 0 aromatic heterocycles. The van der Waals surface area contributed by atoms with Crippen molar-refractivity contribution in [1.82, 2.24) is 0 Å². The van der Waals surface area contributed by atoms with Gasteiger partial charge in [-0.2, -0.15) is 0 Å². The number of rotatable bonds is 3. The molecule has 1 saturated heterocycles. The third kappa shape index (κ3) is 2.93. The van der Waals surface area contributed by atoms with E-state index in [4.69, 9.17) is 9.47 Å². The zero-order valence-electron chi connectivity index (χ0n) is 8.78. The van der Waals surface area contributed by atoms with E-state index in [2.05, 4.69) is 6.92 Å². The summed E-state index contributed by atoms with van der Waals surface area (Å²) in [5.74, 6) is 0.298. The van der Waals surface area contributed by atoms with Gasteiger partial charge in [0.25, 0.3) is 0 Å². The summed E-state index contributed by atoms with van der Waals surface area (Å²) in [5, 5.41) is 0. The first-order chi connectivity index (χ1) is 7.24. The summed E-state index contributed by atoms with van der Waals surface area (Å²) >= 11 is 0. The van der Waals surface area contributed by atoms with Gasteiger partial charge in [-0.25, -0.2) is 4.39 Å². The highest BCUT2D eigenvalue weighted by Gasteiger charge is 2.22. The Kier molecular flexibility index (Phi) is 3.21. The molecule has 0 amide bonds. The Morgan fingerprint density at radius 3 is 3.00 bits per heavy atom. The number of hydrogen-bond acceptors (Lipinski definition) is 2. The Balaban J connectivity index is 1.83. The van der Waals surface area contributed by atoms with Crippen LogP contribution in [0.1, 0.15) is 19.8 Å². The quantitative estimate of drug-likeness (QED) is 0.763. The van der Waals surface area contributed by atoms with Crippen LogP contribution in [0.15, 0.2) is 24.3 Å². The van der Waals surface area contributed by atoms with Crippen molar-refractivity contribution >= 4 is 0 Å². The molecule has 2 rings (SSSR count). The fourth-order valence-electron chi connectivity index (χ4n) is 1.75. The Hall–Kier alpha value is -1.09. The van der Waals surface area contributed by atoms with Crippen molar-refractivity contribution < 1.29 is 13.9 Å². The van der Waals surface area contributed by atoms with Crippen LogP contribution in [0.5, 0.6) is 5.75 Å². The van der Waals surface area contributed by atoms with Crippen molar-refractivity contribution in [3.05, 3.63) is 30.1 Å². The molecule has 0 bridgehead atoms. The van der Waals surface area contributed by atoms with Gasteiger partial charge in [0.2, 0.25) is 0 Å². The molecule has 1 aromatic carbocycles. The average molecular weight is 210 g/mol. The zero-order chi connectivity index (χ0) is 10.7. The minimum atomic E-state index is -0.270. The molecule has 0 radical (unpaired) electrons. The molecule has 1 aliphatic rings. The molecule has 1 aliphatic heterocycles. The molecule has 0 N–H and O–H groups in total. The predicted molar refractivity (Wildman–Crippen MR) is 55.5 cm³/mol. The molecule has 2 unspecified atom stereocenters. The molecule has 0 saturated carbocycles. The van der Waals surface area contributed by atoms with Gasteiger partial charge in [-0.3, -0.25) is 0 Å². The first-order valence-electron chi connectivity index (χ1n) is 5.28. The number of halogens is 1. The third-order valence-corrected chi connectivity index (χ3v) is 2.55. The van der Waals surface area contributed by atoms with Gasteiger partial charge in [-0.05, 0) is 31.9 Å². The van der Waals surface area contributed by atoms with Crippen LogP contribution in [0.25, 0.3) is 0 Å². The van der Waals surface area contributed by atoms with Gasteiger partial charge < -0.3 is 9.47 Å². The molecule has 15 heavy (non-hydrogen) atoms.